The minimum atomic E-state index is -1.23. The third kappa shape index (κ3) is 4.55. The summed E-state index contributed by atoms with van der Waals surface area (Å²) in [5, 5.41) is 14.1. The van der Waals surface area contributed by atoms with E-state index < -0.39 is 17.5 Å². The van der Waals surface area contributed by atoms with Gasteiger partial charge in [-0.1, -0.05) is 19.8 Å². The predicted molar refractivity (Wildman–Crippen MR) is 69.4 cm³/mol. The highest BCUT2D eigenvalue weighted by atomic mass is 16.4. The van der Waals surface area contributed by atoms with Gasteiger partial charge in [-0.15, -0.1) is 0 Å². The van der Waals surface area contributed by atoms with Crippen molar-refractivity contribution in [1.29, 1.82) is 0 Å². The van der Waals surface area contributed by atoms with Crippen LogP contribution in [-0.2, 0) is 4.79 Å². The summed E-state index contributed by atoms with van der Waals surface area (Å²) >= 11 is 0. The number of hydrogen-bond acceptors (Lipinski definition) is 2. The lowest BCUT2D eigenvalue weighted by Crippen LogP contribution is -2.53. The van der Waals surface area contributed by atoms with Gasteiger partial charge in [0, 0.05) is 6.54 Å². The summed E-state index contributed by atoms with van der Waals surface area (Å²) in [6, 6.07) is -0.402. The zero-order valence-corrected chi connectivity index (χ0v) is 11.5. The van der Waals surface area contributed by atoms with Crippen molar-refractivity contribution in [3.63, 3.8) is 0 Å². The summed E-state index contributed by atoms with van der Waals surface area (Å²) in [5.74, 6) is 0.282. The van der Waals surface area contributed by atoms with Crippen LogP contribution in [0.25, 0.3) is 0 Å². The van der Waals surface area contributed by atoms with E-state index in [2.05, 4.69) is 17.6 Å². The molecule has 0 spiro atoms. The minimum Gasteiger partial charge on any atom is -0.480 e. The van der Waals surface area contributed by atoms with Crippen LogP contribution in [0.4, 0.5) is 4.79 Å². The van der Waals surface area contributed by atoms with Gasteiger partial charge >= 0.3 is 12.0 Å². The Bertz CT molecular complexity index is 307. The smallest absolute Gasteiger partial charge is 0.328 e. The average molecular weight is 256 g/mol. The number of carbonyl (C=O) groups excluding carboxylic acids is 1. The van der Waals surface area contributed by atoms with E-state index in [9.17, 15) is 9.59 Å². The largest absolute Gasteiger partial charge is 0.480 e. The second-order valence-electron chi connectivity index (χ2n) is 5.89. The third-order valence-corrected chi connectivity index (χ3v) is 3.65. The summed E-state index contributed by atoms with van der Waals surface area (Å²) in [4.78, 5) is 22.4. The summed E-state index contributed by atoms with van der Waals surface area (Å²) < 4.78 is 0. The van der Waals surface area contributed by atoms with Crippen LogP contribution in [0.2, 0.25) is 0 Å². The van der Waals surface area contributed by atoms with Gasteiger partial charge in [-0.2, -0.15) is 0 Å². The summed E-state index contributed by atoms with van der Waals surface area (Å²) in [6.07, 6.45) is 4.72. The van der Waals surface area contributed by atoms with E-state index in [4.69, 9.17) is 5.11 Å². The molecule has 1 rings (SSSR count). The molecule has 0 heterocycles. The number of aliphatic carboxylic acids is 1. The maximum Gasteiger partial charge on any atom is 0.328 e. The maximum absolute atomic E-state index is 11.6. The summed E-state index contributed by atoms with van der Waals surface area (Å²) in [7, 11) is 0. The average Bonchev–Trinajstić information content (AvgIpc) is 2.27. The monoisotopic (exact) mass is 256 g/mol. The number of amides is 2. The van der Waals surface area contributed by atoms with Crippen LogP contribution in [0.1, 0.15) is 46.5 Å². The highest BCUT2D eigenvalue weighted by molar-refractivity contribution is 5.85. The number of hydrogen-bond donors (Lipinski definition) is 3. The minimum absolute atomic E-state index is 0.402. The zero-order valence-electron chi connectivity index (χ0n) is 11.5. The van der Waals surface area contributed by atoms with Gasteiger partial charge in [0.15, 0.2) is 0 Å². The molecule has 0 aromatic rings. The first-order valence-corrected chi connectivity index (χ1v) is 6.60. The Morgan fingerprint density at radius 1 is 1.22 bits per heavy atom. The topological polar surface area (TPSA) is 78.4 Å². The molecule has 0 aliphatic heterocycles. The molecule has 0 saturated heterocycles. The van der Waals surface area contributed by atoms with Crippen LogP contribution in [0.5, 0.6) is 0 Å². The number of carboxylic acids is 1. The van der Waals surface area contributed by atoms with Gasteiger partial charge in [-0.25, -0.2) is 9.59 Å². The van der Waals surface area contributed by atoms with E-state index in [0.717, 1.165) is 18.8 Å². The predicted octanol–water partition coefficient (Wildman–Crippen LogP) is 1.98. The van der Waals surface area contributed by atoms with Gasteiger partial charge in [0.25, 0.3) is 0 Å². The lowest BCUT2D eigenvalue weighted by atomic mass is 9.83. The SMILES string of the molecule is CC1CCC(CNC(=O)NC(C)(C)C(=O)O)CC1. The first-order valence-electron chi connectivity index (χ1n) is 6.60. The Balaban J connectivity index is 2.27. The van der Waals surface area contributed by atoms with Crippen molar-refractivity contribution in [3.8, 4) is 0 Å². The molecule has 18 heavy (non-hydrogen) atoms. The summed E-state index contributed by atoms with van der Waals surface area (Å²) in [6.45, 7) is 5.83. The fourth-order valence-electron chi connectivity index (χ4n) is 2.15. The van der Waals surface area contributed by atoms with Gasteiger partial charge in [0.05, 0.1) is 0 Å². The lowest BCUT2D eigenvalue weighted by Gasteiger charge is -2.27. The van der Waals surface area contributed by atoms with Gasteiger partial charge in [0.2, 0.25) is 0 Å². The van der Waals surface area contributed by atoms with Gasteiger partial charge in [-0.3, -0.25) is 0 Å². The molecule has 1 aliphatic carbocycles. The van der Waals surface area contributed by atoms with Crippen LogP contribution in [0, 0.1) is 11.8 Å². The first kappa shape index (κ1) is 14.8. The van der Waals surface area contributed by atoms with Gasteiger partial charge in [-0.05, 0) is 38.5 Å². The van der Waals surface area contributed by atoms with Crippen molar-refractivity contribution in [2.45, 2.75) is 52.0 Å². The zero-order chi connectivity index (χ0) is 13.8. The van der Waals surface area contributed by atoms with Crippen LogP contribution in [-0.4, -0.2) is 29.2 Å². The number of rotatable bonds is 4. The van der Waals surface area contributed by atoms with Crippen LogP contribution in [0.15, 0.2) is 0 Å². The Morgan fingerprint density at radius 3 is 2.28 bits per heavy atom. The fourth-order valence-corrected chi connectivity index (χ4v) is 2.15. The van der Waals surface area contributed by atoms with Gasteiger partial charge < -0.3 is 15.7 Å². The quantitative estimate of drug-likeness (QED) is 0.719. The molecule has 1 fully saturated rings. The summed E-state index contributed by atoms with van der Waals surface area (Å²) in [5.41, 5.74) is -1.23. The van der Waals surface area contributed by atoms with Crippen molar-refractivity contribution in [1.82, 2.24) is 10.6 Å². The molecule has 0 radical (unpaired) electrons. The molecular weight excluding hydrogens is 232 g/mol. The standard InChI is InChI=1S/C13H24N2O3/c1-9-4-6-10(7-5-9)8-14-12(18)15-13(2,3)11(16)17/h9-10H,4-8H2,1-3H3,(H,16,17)(H2,14,15,18). The van der Waals surface area contributed by atoms with E-state index in [0.29, 0.717) is 12.5 Å². The molecule has 1 saturated carbocycles. The molecule has 0 unspecified atom stereocenters. The number of nitrogens with one attached hydrogen (secondary N) is 2. The molecule has 104 valence electrons. The second-order valence-corrected chi connectivity index (χ2v) is 5.89. The lowest BCUT2D eigenvalue weighted by molar-refractivity contribution is -0.142. The van der Waals surface area contributed by atoms with Crippen molar-refractivity contribution >= 4 is 12.0 Å². The van der Waals surface area contributed by atoms with Crippen LogP contribution >= 0.6 is 0 Å². The van der Waals surface area contributed by atoms with Crippen molar-refractivity contribution < 1.29 is 14.7 Å². The van der Waals surface area contributed by atoms with E-state index in [1.165, 1.54) is 26.7 Å². The van der Waals surface area contributed by atoms with E-state index in [1.54, 1.807) is 0 Å². The highest BCUT2D eigenvalue weighted by Crippen LogP contribution is 2.27. The molecule has 5 nitrogen and oxygen atoms in total. The number of carbonyl (C=O) groups is 2. The molecule has 3 N–H and O–H groups in total. The van der Waals surface area contributed by atoms with Crippen molar-refractivity contribution in [3.05, 3.63) is 0 Å². The van der Waals surface area contributed by atoms with Crippen LogP contribution < -0.4 is 10.6 Å². The third-order valence-electron chi connectivity index (χ3n) is 3.65. The Hall–Kier alpha value is -1.26. The fraction of sp³-hybridized carbons (Fsp3) is 0.846. The molecule has 0 atom stereocenters. The van der Waals surface area contributed by atoms with Crippen LogP contribution in [0.3, 0.4) is 0 Å². The second kappa shape index (κ2) is 6.07. The Kier molecular flexibility index (Phi) is 4.99. The normalized spacial score (nSPS) is 24.4. The molecule has 5 heteroatoms. The Morgan fingerprint density at radius 2 is 1.78 bits per heavy atom. The molecule has 0 aromatic heterocycles. The van der Waals surface area contributed by atoms with Crippen molar-refractivity contribution in [2.24, 2.45) is 11.8 Å². The molecule has 2 amide bonds. The number of carboxylic acid groups (broad SMARTS) is 1. The van der Waals surface area contributed by atoms with Gasteiger partial charge in [0.1, 0.15) is 5.54 Å². The molecule has 0 aromatic carbocycles. The van der Waals surface area contributed by atoms with E-state index in [1.807, 2.05) is 0 Å². The molecular formula is C13H24N2O3. The number of urea groups is 1. The molecule has 1 aliphatic rings. The van der Waals surface area contributed by atoms with E-state index in [-0.39, 0.29) is 0 Å². The Labute approximate surface area is 108 Å². The maximum atomic E-state index is 11.6. The molecule has 0 bridgehead atoms. The van der Waals surface area contributed by atoms with Crippen molar-refractivity contribution in [2.75, 3.05) is 6.54 Å². The highest BCUT2D eigenvalue weighted by Gasteiger charge is 2.29. The van der Waals surface area contributed by atoms with E-state index >= 15 is 0 Å². The first-order chi connectivity index (χ1) is 8.31.